The summed E-state index contributed by atoms with van der Waals surface area (Å²) in [6.07, 6.45) is 1.89. The Hall–Kier alpha value is -2.39. The van der Waals surface area contributed by atoms with E-state index in [-0.39, 0.29) is 6.04 Å². The molecular formula is C24H34F2N4O2. The number of hydrogen-bond acceptors (Lipinski definition) is 5. The van der Waals surface area contributed by atoms with Gasteiger partial charge in [0.05, 0.1) is 0 Å². The van der Waals surface area contributed by atoms with E-state index in [0.29, 0.717) is 37.9 Å². The molecule has 0 aliphatic rings. The van der Waals surface area contributed by atoms with E-state index in [9.17, 15) is 18.7 Å². The average Bonchev–Trinajstić information content (AvgIpc) is 2.78. The van der Waals surface area contributed by atoms with Gasteiger partial charge in [0.25, 0.3) is 5.91 Å². The van der Waals surface area contributed by atoms with Crippen LogP contribution in [-0.2, 0) is 17.6 Å². The molecular weight excluding hydrogens is 414 g/mol. The van der Waals surface area contributed by atoms with Crippen molar-refractivity contribution >= 4 is 5.91 Å². The van der Waals surface area contributed by atoms with Crippen molar-refractivity contribution in [2.24, 2.45) is 11.5 Å². The number of rotatable bonds is 14. The highest BCUT2D eigenvalue weighted by atomic mass is 19.1. The minimum Gasteiger partial charge on any atom is -0.382 e. The fourth-order valence-corrected chi connectivity index (χ4v) is 3.44. The molecule has 0 radical (unpaired) electrons. The molecule has 2 aromatic carbocycles. The molecule has 6 nitrogen and oxygen atoms in total. The number of hydrogen-bond donors (Lipinski definition) is 5. The molecule has 0 saturated carbocycles. The topological polar surface area (TPSA) is 113 Å². The summed E-state index contributed by atoms with van der Waals surface area (Å²) < 4.78 is 26.9. The van der Waals surface area contributed by atoms with Crippen molar-refractivity contribution in [3.05, 3.63) is 71.3 Å². The third-order valence-electron chi connectivity index (χ3n) is 5.26. The Bertz CT molecular complexity index is 823. The van der Waals surface area contributed by atoms with Gasteiger partial charge in [-0.3, -0.25) is 4.79 Å². The average molecular weight is 449 g/mol. The summed E-state index contributed by atoms with van der Waals surface area (Å²) in [6.45, 7) is 1.69. The summed E-state index contributed by atoms with van der Waals surface area (Å²) >= 11 is 0. The van der Waals surface area contributed by atoms with Crippen LogP contribution in [0, 0.1) is 11.6 Å². The predicted molar refractivity (Wildman–Crippen MR) is 122 cm³/mol. The molecule has 0 fully saturated rings. The first-order valence-corrected chi connectivity index (χ1v) is 11.0. The van der Waals surface area contributed by atoms with Gasteiger partial charge in [0.1, 0.15) is 17.7 Å². The molecule has 3 unspecified atom stereocenters. The minimum atomic E-state index is -1.26. The number of aliphatic hydroxyl groups excluding tert-OH is 1. The predicted octanol–water partition coefficient (Wildman–Crippen LogP) is 1.64. The van der Waals surface area contributed by atoms with Crippen LogP contribution in [0.25, 0.3) is 0 Å². The highest BCUT2D eigenvalue weighted by Crippen LogP contribution is 2.13. The number of halogens is 2. The first-order valence-electron chi connectivity index (χ1n) is 11.0. The Morgan fingerprint density at radius 1 is 0.969 bits per heavy atom. The lowest BCUT2D eigenvalue weighted by Crippen LogP contribution is -2.48. The first-order chi connectivity index (χ1) is 15.4. The smallest absolute Gasteiger partial charge is 0.250 e. The zero-order valence-electron chi connectivity index (χ0n) is 18.3. The highest BCUT2D eigenvalue weighted by Gasteiger charge is 2.22. The summed E-state index contributed by atoms with van der Waals surface area (Å²) in [5.74, 6) is -1.38. The number of carbonyl (C=O) groups excluding carboxylic acids is 1. The highest BCUT2D eigenvalue weighted by molar-refractivity contribution is 5.81. The van der Waals surface area contributed by atoms with Crippen molar-refractivity contribution in [2.75, 3.05) is 19.6 Å². The van der Waals surface area contributed by atoms with Gasteiger partial charge in [-0.05, 0) is 61.6 Å². The van der Waals surface area contributed by atoms with Crippen LogP contribution < -0.4 is 22.1 Å². The van der Waals surface area contributed by atoms with Crippen LogP contribution >= 0.6 is 0 Å². The number of unbranched alkanes of at least 4 members (excludes halogenated alkanes) is 1. The van der Waals surface area contributed by atoms with E-state index in [1.54, 1.807) is 0 Å². The largest absolute Gasteiger partial charge is 0.382 e. The molecule has 0 spiro atoms. The van der Waals surface area contributed by atoms with Gasteiger partial charge in [-0.15, -0.1) is 0 Å². The Morgan fingerprint density at radius 2 is 1.72 bits per heavy atom. The number of nitrogens with two attached hydrogens (primary N) is 2. The molecule has 0 bridgehead atoms. The van der Waals surface area contributed by atoms with Crippen molar-refractivity contribution in [3.8, 4) is 0 Å². The van der Waals surface area contributed by atoms with Crippen LogP contribution in [0.5, 0.6) is 0 Å². The molecule has 0 saturated heterocycles. The lowest BCUT2D eigenvalue weighted by molar-refractivity contribution is -0.130. The second-order valence-electron chi connectivity index (χ2n) is 8.04. The normalized spacial score (nSPS) is 14.0. The Labute approximate surface area is 188 Å². The molecule has 2 aromatic rings. The molecule has 0 heterocycles. The van der Waals surface area contributed by atoms with E-state index < -0.39 is 29.7 Å². The van der Waals surface area contributed by atoms with Crippen LogP contribution in [0.15, 0.2) is 48.5 Å². The number of benzene rings is 2. The quantitative estimate of drug-likeness (QED) is 0.282. The molecule has 7 N–H and O–H groups in total. The molecule has 1 amide bonds. The summed E-state index contributed by atoms with van der Waals surface area (Å²) in [5.41, 5.74) is 13.2. The lowest BCUT2D eigenvalue weighted by atomic mass is 10.0. The second-order valence-corrected chi connectivity index (χ2v) is 8.04. The Kier molecular flexibility index (Phi) is 11.2. The van der Waals surface area contributed by atoms with Crippen molar-refractivity contribution in [3.63, 3.8) is 0 Å². The van der Waals surface area contributed by atoms with Crippen LogP contribution in [0.3, 0.4) is 0 Å². The number of amides is 1. The van der Waals surface area contributed by atoms with E-state index in [4.69, 9.17) is 11.5 Å². The summed E-state index contributed by atoms with van der Waals surface area (Å²) in [6, 6.07) is 12.0. The minimum absolute atomic E-state index is 0.229. The van der Waals surface area contributed by atoms with Crippen LogP contribution in [0.1, 0.15) is 30.4 Å². The van der Waals surface area contributed by atoms with E-state index in [2.05, 4.69) is 10.6 Å². The van der Waals surface area contributed by atoms with Gasteiger partial charge < -0.3 is 27.2 Å². The van der Waals surface area contributed by atoms with E-state index in [1.807, 2.05) is 30.3 Å². The summed E-state index contributed by atoms with van der Waals surface area (Å²) in [7, 11) is 0. The maximum atomic E-state index is 13.7. The fraction of sp³-hybridized carbons (Fsp3) is 0.458. The molecule has 0 aromatic heterocycles. The second kappa shape index (κ2) is 13.9. The van der Waals surface area contributed by atoms with Gasteiger partial charge >= 0.3 is 0 Å². The summed E-state index contributed by atoms with van der Waals surface area (Å²) in [5, 5.41) is 16.0. The van der Waals surface area contributed by atoms with E-state index in [1.165, 1.54) is 6.07 Å². The standard InChI is InChI=1S/C24H34F2N4O2/c25-19-9-10-21(26)18(15-19)16-20(27)8-4-5-11-29-12-13-30-24(32)23(31)22(28)14-17-6-2-1-3-7-17/h1-3,6-7,9-10,15,20,22-23,29,31H,4-5,8,11-14,16,27-28H2,(H,30,32). The monoisotopic (exact) mass is 448 g/mol. The Morgan fingerprint density at radius 3 is 2.47 bits per heavy atom. The van der Waals surface area contributed by atoms with Crippen molar-refractivity contribution < 1.29 is 18.7 Å². The zero-order chi connectivity index (χ0) is 23.3. The van der Waals surface area contributed by atoms with Crippen LogP contribution in [0.4, 0.5) is 8.78 Å². The van der Waals surface area contributed by atoms with Crippen molar-refractivity contribution in [2.45, 2.75) is 50.3 Å². The summed E-state index contributed by atoms with van der Waals surface area (Å²) in [4.78, 5) is 12.0. The third-order valence-corrected chi connectivity index (χ3v) is 5.26. The molecule has 0 aliphatic heterocycles. The van der Waals surface area contributed by atoms with Gasteiger partial charge in [-0.1, -0.05) is 36.8 Å². The molecule has 2 rings (SSSR count). The third kappa shape index (κ3) is 9.40. The maximum Gasteiger partial charge on any atom is 0.250 e. The lowest BCUT2D eigenvalue weighted by Gasteiger charge is -2.18. The molecule has 3 atom stereocenters. The number of aliphatic hydroxyl groups is 1. The molecule has 0 aliphatic carbocycles. The zero-order valence-corrected chi connectivity index (χ0v) is 18.3. The van der Waals surface area contributed by atoms with Gasteiger partial charge in [0.15, 0.2) is 0 Å². The van der Waals surface area contributed by atoms with Gasteiger partial charge in [0, 0.05) is 25.2 Å². The fourth-order valence-electron chi connectivity index (χ4n) is 3.44. The molecule has 176 valence electrons. The molecule has 8 heteroatoms. The first kappa shape index (κ1) is 25.9. The van der Waals surface area contributed by atoms with Crippen LogP contribution in [0.2, 0.25) is 0 Å². The number of carbonyl (C=O) groups is 1. The van der Waals surface area contributed by atoms with Gasteiger partial charge in [-0.2, -0.15) is 0 Å². The maximum absolute atomic E-state index is 13.7. The van der Waals surface area contributed by atoms with Crippen molar-refractivity contribution in [1.82, 2.24) is 10.6 Å². The van der Waals surface area contributed by atoms with E-state index >= 15 is 0 Å². The van der Waals surface area contributed by atoms with Crippen molar-refractivity contribution in [1.29, 1.82) is 0 Å². The van der Waals surface area contributed by atoms with Gasteiger partial charge in [0.2, 0.25) is 0 Å². The molecule has 32 heavy (non-hydrogen) atoms. The number of nitrogens with one attached hydrogen (secondary N) is 2. The SMILES string of the molecule is NC(CCCCNCCNC(=O)C(O)C(N)Cc1ccccc1)Cc1cc(F)ccc1F. The van der Waals surface area contributed by atoms with Crippen LogP contribution in [-0.4, -0.2) is 48.8 Å². The van der Waals surface area contributed by atoms with Gasteiger partial charge in [-0.25, -0.2) is 8.78 Å². The Balaban J connectivity index is 1.51. The van der Waals surface area contributed by atoms with E-state index in [0.717, 1.165) is 37.1 Å².